The quantitative estimate of drug-likeness (QED) is 0.179. The SMILES string of the molecule is N#Cc1cc(-c2cccc(-c3ccc4c(c3)c3cccc5c3n4-c3ccccc3O5)c2)cc(-c2cccc(-c3ccc4c(c3)c3cccc5c3n4-c3ccccc3O5)c2)c1. The van der Waals surface area contributed by atoms with Gasteiger partial charge in [0.1, 0.15) is 0 Å². The number of nitrogens with zero attached hydrogens (tertiary/aromatic N) is 3. The lowest BCUT2D eigenvalue weighted by atomic mass is 9.93. The van der Waals surface area contributed by atoms with Crippen LogP contribution in [0.15, 0.2) is 188 Å². The van der Waals surface area contributed by atoms with Crippen molar-refractivity contribution in [3.63, 3.8) is 0 Å². The van der Waals surface area contributed by atoms with Crippen LogP contribution in [0.1, 0.15) is 5.56 Å². The van der Waals surface area contributed by atoms with Crippen LogP contribution >= 0.6 is 0 Å². The molecule has 0 saturated carbocycles. The van der Waals surface area contributed by atoms with Crippen molar-refractivity contribution < 1.29 is 9.47 Å². The number of fused-ring (bicyclic) bond motifs is 10. The molecule has 0 aliphatic carbocycles. The molecule has 0 spiro atoms. The largest absolute Gasteiger partial charge is 0.453 e. The van der Waals surface area contributed by atoms with Crippen LogP contribution < -0.4 is 9.47 Å². The number of ether oxygens (including phenoxy) is 2. The van der Waals surface area contributed by atoms with E-state index >= 15 is 0 Å². The number of hydrogen-bond donors (Lipinski definition) is 0. The van der Waals surface area contributed by atoms with E-state index in [9.17, 15) is 5.26 Å². The molecule has 0 bridgehead atoms. The monoisotopic (exact) mass is 765 g/mol. The van der Waals surface area contributed by atoms with Gasteiger partial charge in [-0.1, -0.05) is 97.1 Å². The lowest BCUT2D eigenvalue weighted by Gasteiger charge is -2.20. The molecule has 0 radical (unpaired) electrons. The fourth-order valence-corrected chi connectivity index (χ4v) is 9.57. The maximum Gasteiger partial charge on any atom is 0.152 e. The molecule has 11 aromatic rings. The molecule has 0 fully saturated rings. The predicted octanol–water partition coefficient (Wildman–Crippen LogP) is 14.6. The molecule has 60 heavy (non-hydrogen) atoms. The summed E-state index contributed by atoms with van der Waals surface area (Å²) < 4.78 is 17.3. The van der Waals surface area contributed by atoms with Crippen LogP contribution in [-0.2, 0) is 0 Å². The Morgan fingerprint density at radius 1 is 0.333 bits per heavy atom. The fraction of sp³-hybridized carbons (Fsp3) is 0. The van der Waals surface area contributed by atoms with Crippen molar-refractivity contribution in [2.75, 3.05) is 0 Å². The molecule has 9 aromatic carbocycles. The van der Waals surface area contributed by atoms with Gasteiger partial charge in [0.05, 0.1) is 45.1 Å². The van der Waals surface area contributed by atoms with Crippen molar-refractivity contribution in [3.05, 3.63) is 194 Å². The second kappa shape index (κ2) is 12.3. The first-order chi connectivity index (χ1) is 29.7. The molecule has 4 heterocycles. The van der Waals surface area contributed by atoms with Crippen molar-refractivity contribution >= 4 is 43.6 Å². The molecular weight excluding hydrogens is 735 g/mol. The number of benzene rings is 9. The zero-order chi connectivity index (χ0) is 39.5. The summed E-state index contributed by atoms with van der Waals surface area (Å²) in [5.41, 5.74) is 15.7. The van der Waals surface area contributed by atoms with Gasteiger partial charge in [0.25, 0.3) is 0 Å². The van der Waals surface area contributed by atoms with E-state index in [0.29, 0.717) is 5.56 Å². The van der Waals surface area contributed by atoms with Gasteiger partial charge in [-0.2, -0.15) is 5.26 Å². The summed E-state index contributed by atoms with van der Waals surface area (Å²) in [7, 11) is 0. The second-order valence-corrected chi connectivity index (χ2v) is 15.7. The zero-order valence-corrected chi connectivity index (χ0v) is 32.1. The zero-order valence-electron chi connectivity index (χ0n) is 32.1. The second-order valence-electron chi connectivity index (χ2n) is 15.7. The van der Waals surface area contributed by atoms with Gasteiger partial charge in [0.15, 0.2) is 23.0 Å². The van der Waals surface area contributed by atoms with Gasteiger partial charge in [-0.05, 0) is 136 Å². The molecule has 0 unspecified atom stereocenters. The van der Waals surface area contributed by atoms with Gasteiger partial charge < -0.3 is 18.6 Å². The number of rotatable bonds is 4. The number of nitriles is 1. The Balaban J connectivity index is 0.884. The highest BCUT2D eigenvalue weighted by molar-refractivity contribution is 6.14. The molecule has 5 nitrogen and oxygen atoms in total. The Kier molecular flexibility index (Phi) is 6.73. The van der Waals surface area contributed by atoms with E-state index in [0.717, 1.165) is 112 Å². The van der Waals surface area contributed by atoms with Crippen molar-refractivity contribution in [1.82, 2.24) is 9.13 Å². The van der Waals surface area contributed by atoms with E-state index in [-0.39, 0.29) is 0 Å². The molecule has 2 aliphatic heterocycles. The van der Waals surface area contributed by atoms with Gasteiger partial charge >= 0.3 is 0 Å². The Morgan fingerprint density at radius 2 is 0.733 bits per heavy atom. The molecular formula is C55H31N3O2. The van der Waals surface area contributed by atoms with E-state index in [4.69, 9.17) is 9.47 Å². The Hall–Kier alpha value is -8.33. The van der Waals surface area contributed by atoms with E-state index in [2.05, 4.69) is 155 Å². The summed E-state index contributed by atoms with van der Waals surface area (Å²) in [6.07, 6.45) is 0. The highest BCUT2D eigenvalue weighted by Gasteiger charge is 2.25. The Labute approximate surface area is 344 Å². The third kappa shape index (κ3) is 4.73. The fourth-order valence-electron chi connectivity index (χ4n) is 9.57. The lowest BCUT2D eigenvalue weighted by molar-refractivity contribution is 0.476. The molecule has 0 amide bonds. The molecule has 0 atom stereocenters. The number of aromatic nitrogens is 2. The molecule has 0 saturated heterocycles. The summed E-state index contributed by atoms with van der Waals surface area (Å²) in [6.45, 7) is 0. The van der Waals surface area contributed by atoms with Crippen LogP contribution in [-0.4, -0.2) is 9.13 Å². The highest BCUT2D eigenvalue weighted by Crippen LogP contribution is 2.48. The summed E-state index contributed by atoms with van der Waals surface area (Å²) in [5.74, 6) is 3.45. The number of para-hydroxylation sites is 6. The first-order valence-corrected chi connectivity index (χ1v) is 20.1. The summed E-state index contributed by atoms with van der Waals surface area (Å²) in [6, 6.07) is 68.4. The van der Waals surface area contributed by atoms with E-state index in [1.165, 1.54) is 10.8 Å². The van der Waals surface area contributed by atoms with Gasteiger partial charge in [-0.25, -0.2) is 0 Å². The smallest absolute Gasteiger partial charge is 0.152 e. The minimum absolute atomic E-state index is 0.620. The summed E-state index contributed by atoms with van der Waals surface area (Å²) in [5, 5.41) is 14.9. The van der Waals surface area contributed by atoms with Gasteiger partial charge in [0.2, 0.25) is 0 Å². The first-order valence-electron chi connectivity index (χ1n) is 20.1. The molecule has 2 aromatic heterocycles. The molecule has 0 N–H and O–H groups in total. The van der Waals surface area contributed by atoms with Crippen LogP contribution in [0.25, 0.3) is 99.5 Å². The normalized spacial score (nSPS) is 12.2. The Bertz CT molecular complexity index is 3460. The molecule has 2 aliphatic rings. The van der Waals surface area contributed by atoms with Gasteiger partial charge in [0, 0.05) is 21.5 Å². The van der Waals surface area contributed by atoms with Crippen molar-refractivity contribution in [3.8, 4) is 84.9 Å². The summed E-state index contributed by atoms with van der Waals surface area (Å²) >= 11 is 0. The van der Waals surface area contributed by atoms with E-state index in [1.807, 2.05) is 48.5 Å². The molecule has 13 rings (SSSR count). The first kappa shape index (κ1) is 32.7. The van der Waals surface area contributed by atoms with Crippen LogP contribution in [0, 0.1) is 11.3 Å². The average molecular weight is 766 g/mol. The van der Waals surface area contributed by atoms with Crippen molar-refractivity contribution in [1.29, 1.82) is 5.26 Å². The van der Waals surface area contributed by atoms with Crippen molar-refractivity contribution in [2.24, 2.45) is 0 Å². The third-order valence-electron chi connectivity index (χ3n) is 12.3. The van der Waals surface area contributed by atoms with Gasteiger partial charge in [-0.15, -0.1) is 0 Å². The lowest BCUT2D eigenvalue weighted by Crippen LogP contribution is -2.03. The maximum absolute atomic E-state index is 10.3. The van der Waals surface area contributed by atoms with Crippen LogP contribution in [0.3, 0.4) is 0 Å². The van der Waals surface area contributed by atoms with E-state index in [1.54, 1.807) is 0 Å². The maximum atomic E-state index is 10.3. The number of hydrogen-bond acceptors (Lipinski definition) is 3. The topological polar surface area (TPSA) is 52.1 Å². The minimum Gasteiger partial charge on any atom is -0.453 e. The van der Waals surface area contributed by atoms with Crippen molar-refractivity contribution in [2.45, 2.75) is 0 Å². The van der Waals surface area contributed by atoms with E-state index < -0.39 is 0 Å². The Morgan fingerprint density at radius 3 is 1.22 bits per heavy atom. The predicted molar refractivity (Wildman–Crippen MR) is 242 cm³/mol. The highest BCUT2D eigenvalue weighted by atomic mass is 16.5. The average Bonchev–Trinajstić information content (AvgIpc) is 3.83. The summed E-state index contributed by atoms with van der Waals surface area (Å²) in [4.78, 5) is 0. The van der Waals surface area contributed by atoms with Crippen LogP contribution in [0.4, 0.5) is 0 Å². The van der Waals surface area contributed by atoms with Gasteiger partial charge in [-0.3, -0.25) is 0 Å². The molecule has 278 valence electrons. The third-order valence-corrected chi connectivity index (χ3v) is 12.3. The minimum atomic E-state index is 0.620. The molecule has 5 heteroatoms. The van der Waals surface area contributed by atoms with Crippen LogP contribution in [0.5, 0.6) is 23.0 Å². The standard InChI is InChI=1S/C55H31N3O2/c56-32-33-25-40(36-11-5-9-34(27-36)38-21-23-46-44(30-38)42-13-7-19-52-54(42)57(46)48-15-1-3-17-50(48)59-52)29-41(26-33)37-12-6-10-35(28-37)39-22-24-47-45(31-39)43-14-8-20-53-55(43)58(47)49-16-2-4-18-51(49)60-53/h1-31H. The van der Waals surface area contributed by atoms with Crippen LogP contribution in [0.2, 0.25) is 0 Å².